The minimum Gasteiger partial charge on any atom is -0.373 e. The molecular formula is C10H14O. The largest absolute Gasteiger partial charge is 0.373 e. The van der Waals surface area contributed by atoms with E-state index in [1.54, 1.807) is 6.08 Å². The summed E-state index contributed by atoms with van der Waals surface area (Å²) in [6, 6.07) is 0. The van der Waals surface area contributed by atoms with Crippen LogP contribution in [0, 0.1) is 0 Å². The molecule has 0 aliphatic heterocycles. The van der Waals surface area contributed by atoms with Gasteiger partial charge in [-0.05, 0) is 18.4 Å². The van der Waals surface area contributed by atoms with Crippen LogP contribution in [-0.4, -0.2) is 13.2 Å². The summed E-state index contributed by atoms with van der Waals surface area (Å²) in [6.45, 7) is 4.95. The predicted molar refractivity (Wildman–Crippen MR) is 47.5 cm³/mol. The third-order valence-electron chi connectivity index (χ3n) is 1.58. The first-order chi connectivity index (χ1) is 5.43. The molecule has 0 radical (unpaired) electrons. The van der Waals surface area contributed by atoms with E-state index in [9.17, 15) is 0 Å². The van der Waals surface area contributed by atoms with E-state index in [1.807, 2.05) is 0 Å². The van der Waals surface area contributed by atoms with Crippen LogP contribution >= 0.6 is 0 Å². The topological polar surface area (TPSA) is 9.23 Å². The molecule has 0 unspecified atom stereocenters. The lowest BCUT2D eigenvalue weighted by atomic mass is 10.1. The number of rotatable bonds is 4. The SMILES string of the molecule is C=CCOCC1=CCCC=C1. The Morgan fingerprint density at radius 1 is 1.55 bits per heavy atom. The highest BCUT2D eigenvalue weighted by molar-refractivity contribution is 5.22. The van der Waals surface area contributed by atoms with Gasteiger partial charge in [0, 0.05) is 0 Å². The first-order valence-corrected chi connectivity index (χ1v) is 3.97. The van der Waals surface area contributed by atoms with Gasteiger partial charge in [0.1, 0.15) is 0 Å². The van der Waals surface area contributed by atoms with Gasteiger partial charge in [0.05, 0.1) is 13.2 Å². The molecular weight excluding hydrogens is 136 g/mol. The van der Waals surface area contributed by atoms with Gasteiger partial charge in [-0.3, -0.25) is 0 Å². The first-order valence-electron chi connectivity index (χ1n) is 3.97. The average Bonchev–Trinajstić information content (AvgIpc) is 2.07. The number of hydrogen-bond donors (Lipinski definition) is 0. The van der Waals surface area contributed by atoms with Crippen molar-refractivity contribution in [2.75, 3.05) is 13.2 Å². The predicted octanol–water partition coefficient (Wildman–Crippen LogP) is 2.47. The van der Waals surface area contributed by atoms with E-state index in [2.05, 4.69) is 24.8 Å². The molecule has 0 fully saturated rings. The van der Waals surface area contributed by atoms with Crippen molar-refractivity contribution in [3.8, 4) is 0 Å². The highest BCUT2D eigenvalue weighted by atomic mass is 16.5. The smallest absolute Gasteiger partial charge is 0.0717 e. The Bertz CT molecular complexity index is 177. The second-order valence-electron chi connectivity index (χ2n) is 2.56. The molecule has 0 aromatic rings. The third kappa shape index (κ3) is 3.19. The van der Waals surface area contributed by atoms with Crippen molar-refractivity contribution in [3.05, 3.63) is 36.5 Å². The molecule has 60 valence electrons. The minimum atomic E-state index is 0.644. The maximum atomic E-state index is 5.28. The highest BCUT2D eigenvalue weighted by Gasteiger charge is 1.95. The van der Waals surface area contributed by atoms with E-state index in [1.165, 1.54) is 12.0 Å². The zero-order chi connectivity index (χ0) is 7.94. The number of ether oxygens (including phenoxy) is 1. The van der Waals surface area contributed by atoms with Crippen molar-refractivity contribution in [2.45, 2.75) is 12.8 Å². The Morgan fingerprint density at radius 3 is 3.09 bits per heavy atom. The van der Waals surface area contributed by atoms with E-state index in [-0.39, 0.29) is 0 Å². The maximum absolute atomic E-state index is 5.28. The zero-order valence-corrected chi connectivity index (χ0v) is 6.75. The highest BCUT2D eigenvalue weighted by Crippen LogP contribution is 2.09. The molecule has 0 atom stereocenters. The van der Waals surface area contributed by atoms with Gasteiger partial charge in [0.25, 0.3) is 0 Å². The second kappa shape index (κ2) is 4.91. The third-order valence-corrected chi connectivity index (χ3v) is 1.58. The standard InChI is InChI=1S/C10H14O/c1-2-8-11-9-10-6-4-3-5-7-10/h2,4,6-7H,1,3,5,8-9H2. The summed E-state index contributed by atoms with van der Waals surface area (Å²) in [5.74, 6) is 0. The molecule has 1 rings (SSSR count). The van der Waals surface area contributed by atoms with Crippen LogP contribution in [0.25, 0.3) is 0 Å². The Balaban J connectivity index is 2.20. The van der Waals surface area contributed by atoms with Crippen molar-refractivity contribution in [1.29, 1.82) is 0 Å². The van der Waals surface area contributed by atoms with Gasteiger partial charge in [-0.1, -0.05) is 24.3 Å². The van der Waals surface area contributed by atoms with E-state index >= 15 is 0 Å². The molecule has 0 heterocycles. The van der Waals surface area contributed by atoms with Crippen LogP contribution < -0.4 is 0 Å². The van der Waals surface area contributed by atoms with Crippen molar-refractivity contribution < 1.29 is 4.74 Å². The summed E-state index contributed by atoms with van der Waals surface area (Å²) >= 11 is 0. The van der Waals surface area contributed by atoms with E-state index in [0.717, 1.165) is 13.0 Å². The summed E-state index contributed by atoms with van der Waals surface area (Å²) in [7, 11) is 0. The fourth-order valence-corrected chi connectivity index (χ4v) is 1.03. The Labute approximate surface area is 68.1 Å². The maximum Gasteiger partial charge on any atom is 0.0717 e. The molecule has 1 nitrogen and oxygen atoms in total. The number of hydrogen-bond acceptors (Lipinski definition) is 1. The Hall–Kier alpha value is -0.820. The molecule has 0 aromatic heterocycles. The van der Waals surface area contributed by atoms with Gasteiger partial charge in [-0.2, -0.15) is 0 Å². The molecule has 0 aromatic carbocycles. The van der Waals surface area contributed by atoms with Crippen LogP contribution in [0.2, 0.25) is 0 Å². The molecule has 1 aliphatic carbocycles. The molecule has 0 bridgehead atoms. The van der Waals surface area contributed by atoms with Crippen LogP contribution in [0.5, 0.6) is 0 Å². The van der Waals surface area contributed by atoms with E-state index in [0.29, 0.717) is 6.61 Å². The molecule has 0 spiro atoms. The summed E-state index contributed by atoms with van der Waals surface area (Å²) in [5, 5.41) is 0. The van der Waals surface area contributed by atoms with Gasteiger partial charge in [0.2, 0.25) is 0 Å². The number of allylic oxidation sites excluding steroid dienone is 2. The molecule has 0 amide bonds. The molecule has 0 saturated carbocycles. The molecule has 1 heteroatoms. The molecule has 0 saturated heterocycles. The lowest BCUT2D eigenvalue weighted by Crippen LogP contribution is -1.97. The summed E-state index contributed by atoms with van der Waals surface area (Å²) in [5.41, 5.74) is 1.29. The van der Waals surface area contributed by atoms with Gasteiger partial charge in [0.15, 0.2) is 0 Å². The quantitative estimate of drug-likeness (QED) is 0.442. The van der Waals surface area contributed by atoms with Crippen molar-refractivity contribution in [2.24, 2.45) is 0 Å². The summed E-state index contributed by atoms with van der Waals surface area (Å²) < 4.78 is 5.28. The lowest BCUT2D eigenvalue weighted by Gasteiger charge is -2.05. The lowest BCUT2D eigenvalue weighted by molar-refractivity contribution is 0.189. The van der Waals surface area contributed by atoms with Crippen molar-refractivity contribution in [1.82, 2.24) is 0 Å². The normalized spacial score (nSPS) is 16.2. The fraction of sp³-hybridized carbons (Fsp3) is 0.400. The molecule has 1 aliphatic rings. The van der Waals surface area contributed by atoms with Gasteiger partial charge >= 0.3 is 0 Å². The van der Waals surface area contributed by atoms with E-state index in [4.69, 9.17) is 4.74 Å². The van der Waals surface area contributed by atoms with Crippen molar-refractivity contribution in [3.63, 3.8) is 0 Å². The van der Waals surface area contributed by atoms with Crippen LogP contribution in [0.1, 0.15) is 12.8 Å². The van der Waals surface area contributed by atoms with Crippen LogP contribution in [0.3, 0.4) is 0 Å². The van der Waals surface area contributed by atoms with Crippen LogP contribution in [-0.2, 0) is 4.74 Å². The monoisotopic (exact) mass is 150 g/mol. The van der Waals surface area contributed by atoms with Crippen LogP contribution in [0.4, 0.5) is 0 Å². The van der Waals surface area contributed by atoms with E-state index < -0.39 is 0 Å². The summed E-state index contributed by atoms with van der Waals surface area (Å²) in [4.78, 5) is 0. The summed E-state index contributed by atoms with van der Waals surface area (Å²) in [6.07, 6.45) is 10.6. The van der Waals surface area contributed by atoms with Gasteiger partial charge < -0.3 is 4.74 Å². The first kappa shape index (κ1) is 8.28. The fourth-order valence-electron chi connectivity index (χ4n) is 1.03. The van der Waals surface area contributed by atoms with Crippen molar-refractivity contribution >= 4 is 0 Å². The zero-order valence-electron chi connectivity index (χ0n) is 6.75. The average molecular weight is 150 g/mol. The van der Waals surface area contributed by atoms with Gasteiger partial charge in [-0.15, -0.1) is 6.58 Å². The second-order valence-corrected chi connectivity index (χ2v) is 2.56. The minimum absolute atomic E-state index is 0.644. The Morgan fingerprint density at radius 2 is 2.45 bits per heavy atom. The Kier molecular flexibility index (Phi) is 3.70. The molecule has 0 N–H and O–H groups in total. The van der Waals surface area contributed by atoms with Gasteiger partial charge in [-0.25, -0.2) is 0 Å². The molecule has 11 heavy (non-hydrogen) atoms. The van der Waals surface area contributed by atoms with Crippen LogP contribution in [0.15, 0.2) is 36.5 Å².